The zero-order chi connectivity index (χ0) is 52.5. The van der Waals surface area contributed by atoms with Gasteiger partial charge in [-0.1, -0.05) is 38.1 Å². The number of hydrogen-bond donors (Lipinski definition) is 3. The van der Waals surface area contributed by atoms with Crippen LogP contribution in [-0.4, -0.2) is 139 Å². The molecule has 2 bridgehead atoms. The molecule has 5 atom stereocenters. The van der Waals surface area contributed by atoms with Gasteiger partial charge in [-0.25, -0.2) is 9.97 Å². The van der Waals surface area contributed by atoms with Gasteiger partial charge in [0, 0.05) is 112 Å². The van der Waals surface area contributed by atoms with Gasteiger partial charge in [0.05, 0.1) is 29.6 Å². The lowest BCUT2D eigenvalue weighted by molar-refractivity contribution is -0.141. The number of aryl methyl sites for hydroxylation is 1. The number of nitrogens with two attached hydrogens (primary N) is 1. The molecule has 0 radical (unpaired) electrons. The first kappa shape index (κ1) is 50.9. The van der Waals surface area contributed by atoms with E-state index >= 15 is 0 Å². The number of para-hydroxylation sites is 1. The molecule has 4 saturated heterocycles. The number of amides is 2. The number of nitrogens with one attached hydrogen (secondary N) is 1. The summed E-state index contributed by atoms with van der Waals surface area (Å²) in [6, 6.07) is 22.8. The van der Waals surface area contributed by atoms with E-state index in [9.17, 15) is 14.7 Å². The molecule has 19 heteroatoms. The average Bonchev–Trinajstić information content (AvgIpc) is 4.24. The topological polar surface area (TPSA) is 216 Å². The third-order valence-corrected chi connectivity index (χ3v) is 16.2. The minimum absolute atomic E-state index is 0.0663. The number of nitrogen functional groups attached to an aromatic ring is 1. The van der Waals surface area contributed by atoms with Crippen LogP contribution in [0.25, 0.3) is 16.9 Å². The van der Waals surface area contributed by atoms with Crippen LogP contribution in [0.1, 0.15) is 101 Å². The summed E-state index contributed by atoms with van der Waals surface area (Å²) in [5.41, 5.74) is 11.6. The SMILES string of the molecule is Cc1nccn1-c1ccc([C@H](C)NC(=O)[C@@H]2CCCN2C(=O)[C@@H](c2cc(OCCN3CCC(OC4CC(Oc5cc(N6C7CCC6CN(c6cc(-c8ccccc8O)nnc6N)C7)ccn5)C4)CC3)no2)C(C)C)cc1. The normalized spacial score (nSPS) is 22.6. The van der Waals surface area contributed by atoms with Crippen molar-refractivity contribution >= 4 is 29.0 Å². The molecule has 2 unspecified atom stereocenters. The van der Waals surface area contributed by atoms with E-state index < -0.39 is 12.0 Å². The number of aromatic hydroxyl groups is 1. The van der Waals surface area contributed by atoms with Gasteiger partial charge in [-0.3, -0.25) is 14.5 Å². The smallest absolute Gasteiger partial charge is 0.254 e. The Bertz CT molecular complexity index is 2960. The number of hydrogen-bond acceptors (Lipinski definition) is 16. The number of fused-ring (bicyclic) bond motifs is 2. The van der Waals surface area contributed by atoms with Crippen molar-refractivity contribution in [1.82, 2.24) is 45.0 Å². The summed E-state index contributed by atoms with van der Waals surface area (Å²) in [4.78, 5) is 45.8. The van der Waals surface area contributed by atoms with Crippen LogP contribution < -0.4 is 30.3 Å². The number of piperazine rings is 1. The van der Waals surface area contributed by atoms with Crippen LogP contribution in [0, 0.1) is 12.8 Å². The minimum atomic E-state index is -0.602. The number of carbonyl (C=O) groups is 2. The molecule has 1 aliphatic carbocycles. The molecule has 11 rings (SSSR count). The second-order valence-corrected chi connectivity index (χ2v) is 21.6. The van der Waals surface area contributed by atoms with E-state index in [1.54, 1.807) is 29.3 Å². The summed E-state index contributed by atoms with van der Waals surface area (Å²) in [6.07, 6.45) is 13.1. The Morgan fingerprint density at radius 1 is 0.842 bits per heavy atom. The lowest BCUT2D eigenvalue weighted by Crippen LogP contribution is -2.54. The van der Waals surface area contributed by atoms with Crippen molar-refractivity contribution in [2.75, 3.05) is 61.4 Å². The highest BCUT2D eigenvalue weighted by molar-refractivity contribution is 5.91. The Hall–Kier alpha value is -7.25. The van der Waals surface area contributed by atoms with Crippen molar-refractivity contribution in [1.29, 1.82) is 0 Å². The Morgan fingerprint density at radius 2 is 1.62 bits per heavy atom. The molecular formula is C57H70N12O7. The molecule has 4 N–H and O–H groups in total. The molecule has 400 valence electrons. The zero-order valence-electron chi connectivity index (χ0n) is 43.9. The second kappa shape index (κ2) is 22.1. The van der Waals surface area contributed by atoms with Gasteiger partial charge in [0.2, 0.25) is 17.7 Å². The maximum absolute atomic E-state index is 14.2. The fourth-order valence-corrected chi connectivity index (χ4v) is 12.0. The number of piperidine rings is 1. The molecule has 4 aliphatic heterocycles. The van der Waals surface area contributed by atoms with Gasteiger partial charge in [-0.2, -0.15) is 0 Å². The lowest BCUT2D eigenvalue weighted by Gasteiger charge is -2.43. The minimum Gasteiger partial charge on any atom is -0.507 e. The number of aromatic nitrogens is 6. The van der Waals surface area contributed by atoms with E-state index in [0.717, 1.165) is 106 Å². The van der Waals surface area contributed by atoms with Gasteiger partial charge in [0.25, 0.3) is 5.88 Å². The van der Waals surface area contributed by atoms with E-state index in [2.05, 4.69) is 57.5 Å². The van der Waals surface area contributed by atoms with Crippen LogP contribution in [0.3, 0.4) is 0 Å². The quantitative estimate of drug-likeness (QED) is 0.0773. The van der Waals surface area contributed by atoms with Gasteiger partial charge < -0.3 is 54.2 Å². The first-order valence-corrected chi connectivity index (χ1v) is 27.2. The summed E-state index contributed by atoms with van der Waals surface area (Å²) < 4.78 is 26.8. The maximum atomic E-state index is 14.2. The summed E-state index contributed by atoms with van der Waals surface area (Å²) >= 11 is 0. The number of phenolic OH excluding ortho intramolecular Hbond substituents is 1. The Kier molecular flexibility index (Phi) is 14.8. The van der Waals surface area contributed by atoms with Crippen LogP contribution in [-0.2, 0) is 14.3 Å². The van der Waals surface area contributed by atoms with Crippen molar-refractivity contribution in [3.05, 3.63) is 109 Å². The van der Waals surface area contributed by atoms with Crippen LogP contribution >= 0.6 is 0 Å². The number of pyridine rings is 1. The highest BCUT2D eigenvalue weighted by atomic mass is 16.5. The molecule has 1 saturated carbocycles. The highest BCUT2D eigenvalue weighted by Gasteiger charge is 2.43. The molecule has 0 spiro atoms. The van der Waals surface area contributed by atoms with Crippen molar-refractivity contribution in [3.63, 3.8) is 0 Å². The number of nitrogens with zero attached hydrogens (tertiary/aromatic N) is 10. The summed E-state index contributed by atoms with van der Waals surface area (Å²) in [5, 5.41) is 26.4. The van der Waals surface area contributed by atoms with E-state index in [4.69, 9.17) is 24.5 Å². The lowest BCUT2D eigenvalue weighted by atomic mass is 9.91. The van der Waals surface area contributed by atoms with Crippen molar-refractivity contribution in [2.45, 2.75) is 127 Å². The zero-order valence-corrected chi connectivity index (χ0v) is 43.9. The molecular weight excluding hydrogens is 965 g/mol. The summed E-state index contributed by atoms with van der Waals surface area (Å²) in [6.45, 7) is 13.0. The Morgan fingerprint density at radius 3 is 2.36 bits per heavy atom. The number of benzene rings is 2. The highest BCUT2D eigenvalue weighted by Crippen LogP contribution is 2.41. The number of ether oxygens (including phenoxy) is 3. The van der Waals surface area contributed by atoms with Crippen LogP contribution in [0.4, 0.5) is 17.2 Å². The molecule has 76 heavy (non-hydrogen) atoms. The molecule has 6 aromatic rings. The maximum Gasteiger partial charge on any atom is 0.254 e. The summed E-state index contributed by atoms with van der Waals surface area (Å²) in [7, 11) is 0. The van der Waals surface area contributed by atoms with E-state index in [1.165, 1.54) is 0 Å². The van der Waals surface area contributed by atoms with Gasteiger partial charge in [-0.15, -0.1) is 10.2 Å². The van der Waals surface area contributed by atoms with Gasteiger partial charge in [-0.05, 0) is 105 Å². The molecule has 2 aromatic carbocycles. The van der Waals surface area contributed by atoms with Crippen LogP contribution in [0.5, 0.6) is 17.5 Å². The summed E-state index contributed by atoms with van der Waals surface area (Å²) in [5.74, 6) is 1.91. The molecule has 4 aromatic heterocycles. The number of anilines is 3. The molecule has 5 aliphatic rings. The van der Waals surface area contributed by atoms with Crippen LogP contribution in [0.2, 0.25) is 0 Å². The Balaban J connectivity index is 0.596. The predicted molar refractivity (Wildman–Crippen MR) is 286 cm³/mol. The van der Waals surface area contributed by atoms with Crippen LogP contribution in [0.15, 0.2) is 95.9 Å². The van der Waals surface area contributed by atoms with Gasteiger partial charge in [0.1, 0.15) is 36.2 Å². The van der Waals surface area contributed by atoms with Crippen molar-refractivity contribution < 1.29 is 33.4 Å². The first-order valence-electron chi connectivity index (χ1n) is 27.2. The van der Waals surface area contributed by atoms with Crippen molar-refractivity contribution in [2.24, 2.45) is 5.92 Å². The fraction of sp³-hybridized carbons (Fsp3) is 0.491. The average molecular weight is 1040 g/mol. The fourth-order valence-electron chi connectivity index (χ4n) is 12.0. The van der Waals surface area contributed by atoms with E-state index in [0.29, 0.717) is 66.3 Å². The number of rotatable bonds is 18. The molecule has 5 fully saturated rings. The second-order valence-electron chi connectivity index (χ2n) is 21.6. The number of likely N-dealkylation sites (tertiary alicyclic amines) is 2. The predicted octanol–water partition coefficient (Wildman–Crippen LogP) is 7.24. The van der Waals surface area contributed by atoms with E-state index in [-0.39, 0.29) is 47.8 Å². The largest absolute Gasteiger partial charge is 0.507 e. The third-order valence-electron chi connectivity index (χ3n) is 16.2. The number of phenols is 1. The van der Waals surface area contributed by atoms with Gasteiger partial charge in [0.15, 0.2) is 11.6 Å². The Labute approximate surface area is 443 Å². The number of imidazole rings is 1. The van der Waals surface area contributed by atoms with E-state index in [1.807, 2.05) is 87.1 Å². The number of carbonyl (C=O) groups excluding carboxylic acids is 2. The molecule has 2 amide bonds. The van der Waals surface area contributed by atoms with Gasteiger partial charge >= 0.3 is 0 Å². The molecule has 19 nitrogen and oxygen atoms in total. The molecule has 8 heterocycles. The first-order chi connectivity index (χ1) is 36.9. The standard InChI is InChI=1S/C57H70N12O7/c1-35(2)54(57(72)68-22-7-9-48(68)56(71)61-36(3)38-11-13-39(14-12-38)67-25-21-59-37(67)4)51-32-53(64-76-51)73-27-26-65-23-18-43(19-24-65)74-44-29-45(30-44)75-52-28-40(17-20-60-52)69-41-15-16-42(69)34-66(33-41)49-31-47(62-63-55(49)58)46-8-5-6-10-50(46)70/h5-6,8,10-14,17,20-21,25,28,31-32,35-36,41-45,48,54,70H,7,9,15-16,18-19,22-24,26-27,29-30,33-34H2,1-4H3,(H2,58,63)(H,61,71)/t36-,41?,42?,44?,45?,48-,54+/m0/s1. The van der Waals surface area contributed by atoms with Crippen molar-refractivity contribution in [3.8, 4) is 34.5 Å². The monoisotopic (exact) mass is 1030 g/mol. The third kappa shape index (κ3) is 10.9.